The van der Waals surface area contributed by atoms with E-state index in [1.54, 1.807) is 24.3 Å². The molecule has 1 aliphatic heterocycles. The molecule has 12 nitrogen and oxygen atoms in total. The lowest BCUT2D eigenvalue weighted by atomic mass is 10.1. The molecule has 1 heterocycles. The smallest absolute Gasteiger partial charge is 0.323 e. The van der Waals surface area contributed by atoms with Crippen LogP contribution in [0.5, 0.6) is 0 Å². The zero-order chi connectivity index (χ0) is 26.5. The molecule has 0 bridgehead atoms. The second kappa shape index (κ2) is 11.4. The molecule has 2 aromatic carbocycles. The van der Waals surface area contributed by atoms with Gasteiger partial charge in [-0.05, 0) is 48.5 Å². The molecule has 1 atom stereocenters. The summed E-state index contributed by atoms with van der Waals surface area (Å²) in [6.07, 6.45) is 0. The zero-order valence-electron chi connectivity index (χ0n) is 19.0. The third-order valence-electron chi connectivity index (χ3n) is 5.42. The van der Waals surface area contributed by atoms with Crippen molar-refractivity contribution >= 4 is 50.9 Å². The molecular formula is C22H25ClN6O6S. The van der Waals surface area contributed by atoms with Gasteiger partial charge in [0.15, 0.2) is 0 Å². The molecule has 0 unspecified atom stereocenters. The van der Waals surface area contributed by atoms with Crippen LogP contribution in [0.25, 0.3) is 0 Å². The van der Waals surface area contributed by atoms with Crippen molar-refractivity contribution in [3.63, 3.8) is 0 Å². The van der Waals surface area contributed by atoms with Crippen LogP contribution < -0.4 is 20.7 Å². The molecule has 0 radical (unpaired) electrons. The van der Waals surface area contributed by atoms with Gasteiger partial charge in [0.05, 0.1) is 18.0 Å². The summed E-state index contributed by atoms with van der Waals surface area (Å²) in [6.45, 7) is -0.0709. The zero-order valence-corrected chi connectivity index (χ0v) is 20.6. The lowest BCUT2D eigenvalue weighted by Gasteiger charge is -2.35. The maximum atomic E-state index is 12.6. The minimum absolute atomic E-state index is 0.0331. The molecule has 6 N–H and O–H groups in total. The molecule has 36 heavy (non-hydrogen) atoms. The van der Waals surface area contributed by atoms with Crippen molar-refractivity contribution in [2.24, 2.45) is 5.73 Å². The van der Waals surface area contributed by atoms with Gasteiger partial charge in [-0.2, -0.15) is 4.72 Å². The van der Waals surface area contributed by atoms with E-state index in [0.29, 0.717) is 17.1 Å². The van der Waals surface area contributed by atoms with Gasteiger partial charge in [-0.15, -0.1) is 0 Å². The van der Waals surface area contributed by atoms with Gasteiger partial charge in [-0.25, -0.2) is 8.42 Å². The molecule has 0 aromatic heterocycles. The lowest BCUT2D eigenvalue weighted by Crippen LogP contribution is -2.54. The number of carboxylic acid groups (broad SMARTS) is 1. The molecule has 14 heteroatoms. The number of hydrogen-bond donors (Lipinski definition) is 5. The summed E-state index contributed by atoms with van der Waals surface area (Å²) in [6, 6.07) is 10.4. The molecule has 2 amide bonds. The number of carboxylic acids is 1. The normalized spacial score (nSPS) is 14.9. The van der Waals surface area contributed by atoms with Crippen LogP contribution >= 0.6 is 11.6 Å². The fourth-order valence-corrected chi connectivity index (χ4v) is 4.76. The first-order chi connectivity index (χ1) is 17.0. The Morgan fingerprint density at radius 1 is 1.11 bits per heavy atom. The summed E-state index contributed by atoms with van der Waals surface area (Å²) in [5, 5.41) is 19.5. The van der Waals surface area contributed by atoms with Gasteiger partial charge in [0.2, 0.25) is 21.8 Å². The van der Waals surface area contributed by atoms with Gasteiger partial charge >= 0.3 is 5.97 Å². The summed E-state index contributed by atoms with van der Waals surface area (Å²) < 4.78 is 27.0. The number of nitrogens with two attached hydrogens (primary N) is 1. The van der Waals surface area contributed by atoms with E-state index in [2.05, 4.69) is 5.32 Å². The van der Waals surface area contributed by atoms with Crippen molar-refractivity contribution in [2.75, 3.05) is 37.6 Å². The number of halogens is 1. The summed E-state index contributed by atoms with van der Waals surface area (Å²) in [7, 11) is -4.17. The average molecular weight is 537 g/mol. The fraction of sp³-hybridized carbons (Fsp3) is 0.273. The molecule has 1 aliphatic rings. The molecule has 0 saturated carbocycles. The second-order valence-electron chi connectivity index (χ2n) is 7.97. The lowest BCUT2D eigenvalue weighted by molar-refractivity contribution is -0.139. The van der Waals surface area contributed by atoms with Crippen molar-refractivity contribution in [2.45, 2.75) is 10.9 Å². The highest BCUT2D eigenvalue weighted by Crippen LogP contribution is 2.18. The Labute approximate surface area is 212 Å². The molecule has 3 rings (SSSR count). The number of carbonyl (C=O) groups excluding carboxylic acids is 2. The van der Waals surface area contributed by atoms with E-state index >= 15 is 0 Å². The van der Waals surface area contributed by atoms with Gasteiger partial charge < -0.3 is 26.0 Å². The first kappa shape index (κ1) is 26.9. The topological polar surface area (TPSA) is 186 Å². The SMILES string of the molecule is N=C(N)c1ccc(N2CCN(CC(=O)NC[C@H](NS(=O)(=O)c3ccc(Cl)cc3)C(=O)O)C(=O)C2)cc1. The van der Waals surface area contributed by atoms with Gasteiger partial charge in [-0.3, -0.25) is 19.8 Å². The predicted molar refractivity (Wildman–Crippen MR) is 132 cm³/mol. The standard InChI is InChI=1S/C22H25ClN6O6S/c23-15-3-7-17(8-4-15)36(34,35)27-18(22(32)33)11-26-19(30)12-29-10-9-28(13-20(29)31)16-5-1-14(2-6-16)21(24)25/h1-8,18,27H,9-13H2,(H3,24,25)(H,26,30)(H,32,33)/t18-/m0/s1. The monoisotopic (exact) mass is 536 g/mol. The Morgan fingerprint density at radius 3 is 2.31 bits per heavy atom. The summed E-state index contributed by atoms with van der Waals surface area (Å²) >= 11 is 5.75. The van der Waals surface area contributed by atoms with Crippen molar-refractivity contribution in [3.05, 3.63) is 59.1 Å². The fourth-order valence-electron chi connectivity index (χ4n) is 3.44. The summed E-state index contributed by atoms with van der Waals surface area (Å²) in [5.74, 6) is -2.46. The number of amides is 2. The van der Waals surface area contributed by atoms with Crippen molar-refractivity contribution in [1.29, 1.82) is 5.41 Å². The number of sulfonamides is 1. The summed E-state index contributed by atoms with van der Waals surface area (Å²) in [5.41, 5.74) is 6.79. The maximum absolute atomic E-state index is 12.6. The van der Waals surface area contributed by atoms with Gasteiger partial charge in [0, 0.05) is 35.9 Å². The number of aliphatic carboxylic acids is 1. The van der Waals surface area contributed by atoms with E-state index in [4.69, 9.17) is 22.7 Å². The highest BCUT2D eigenvalue weighted by molar-refractivity contribution is 7.89. The number of rotatable bonds is 10. The number of amidine groups is 1. The van der Waals surface area contributed by atoms with Crippen LogP contribution in [-0.4, -0.2) is 80.8 Å². The first-order valence-corrected chi connectivity index (χ1v) is 12.6. The van der Waals surface area contributed by atoms with E-state index in [1.165, 1.54) is 29.2 Å². The van der Waals surface area contributed by atoms with E-state index in [9.17, 15) is 27.9 Å². The molecule has 192 valence electrons. The highest BCUT2D eigenvalue weighted by atomic mass is 35.5. The van der Waals surface area contributed by atoms with E-state index in [1.807, 2.05) is 9.62 Å². The highest BCUT2D eigenvalue weighted by Gasteiger charge is 2.28. The third kappa shape index (κ3) is 6.93. The Hall–Kier alpha value is -3.68. The molecule has 1 fully saturated rings. The van der Waals surface area contributed by atoms with E-state index in [-0.39, 0.29) is 36.3 Å². The predicted octanol–water partition coefficient (Wildman–Crippen LogP) is -0.179. The number of nitrogen functional groups attached to an aromatic ring is 1. The Kier molecular flexibility index (Phi) is 8.50. The largest absolute Gasteiger partial charge is 0.480 e. The Bertz CT molecular complexity index is 1250. The first-order valence-electron chi connectivity index (χ1n) is 10.7. The molecule has 0 aliphatic carbocycles. The number of benzene rings is 2. The van der Waals surface area contributed by atoms with E-state index < -0.39 is 34.5 Å². The quantitative estimate of drug-likeness (QED) is 0.204. The average Bonchev–Trinajstić information content (AvgIpc) is 2.83. The number of carbonyl (C=O) groups is 3. The molecule has 1 saturated heterocycles. The van der Waals surface area contributed by atoms with Gasteiger partial charge in [0.1, 0.15) is 11.9 Å². The third-order valence-corrected chi connectivity index (χ3v) is 7.16. The van der Waals surface area contributed by atoms with Crippen LogP contribution in [-0.2, 0) is 24.4 Å². The number of nitrogens with one attached hydrogen (secondary N) is 3. The number of nitrogens with zero attached hydrogens (tertiary/aromatic N) is 2. The number of hydrogen-bond acceptors (Lipinski definition) is 7. The maximum Gasteiger partial charge on any atom is 0.323 e. The molecular weight excluding hydrogens is 512 g/mol. The second-order valence-corrected chi connectivity index (χ2v) is 10.1. The summed E-state index contributed by atoms with van der Waals surface area (Å²) in [4.78, 5) is 39.5. The van der Waals surface area contributed by atoms with Crippen LogP contribution in [0.1, 0.15) is 5.56 Å². The molecule has 0 spiro atoms. The van der Waals surface area contributed by atoms with E-state index in [0.717, 1.165) is 5.69 Å². The van der Waals surface area contributed by atoms with Crippen molar-refractivity contribution in [1.82, 2.24) is 14.9 Å². The molecule has 2 aromatic rings. The van der Waals surface area contributed by atoms with Crippen LogP contribution in [0.3, 0.4) is 0 Å². The van der Waals surface area contributed by atoms with Crippen molar-refractivity contribution < 1.29 is 27.9 Å². The number of piperazine rings is 1. The van der Waals surface area contributed by atoms with Crippen LogP contribution in [0.2, 0.25) is 5.02 Å². The van der Waals surface area contributed by atoms with Gasteiger partial charge in [0.25, 0.3) is 0 Å². The minimum Gasteiger partial charge on any atom is -0.480 e. The van der Waals surface area contributed by atoms with Crippen LogP contribution in [0, 0.1) is 5.41 Å². The Morgan fingerprint density at radius 2 is 1.75 bits per heavy atom. The van der Waals surface area contributed by atoms with Crippen LogP contribution in [0.15, 0.2) is 53.4 Å². The number of anilines is 1. The van der Waals surface area contributed by atoms with Crippen LogP contribution in [0.4, 0.5) is 5.69 Å². The van der Waals surface area contributed by atoms with Gasteiger partial charge in [-0.1, -0.05) is 11.6 Å². The Balaban J connectivity index is 1.52. The van der Waals surface area contributed by atoms with Crippen molar-refractivity contribution in [3.8, 4) is 0 Å². The minimum atomic E-state index is -4.17.